The minimum absolute atomic E-state index is 0.244. The van der Waals surface area contributed by atoms with Crippen LogP contribution in [0.1, 0.15) is 46.5 Å². The Hall–Kier alpha value is -0.770. The summed E-state index contributed by atoms with van der Waals surface area (Å²) in [6.45, 7) is 12.0. The van der Waals surface area contributed by atoms with Crippen molar-refractivity contribution in [2.24, 2.45) is 11.8 Å². The highest BCUT2D eigenvalue weighted by Gasteiger charge is 2.26. The molecule has 0 N–H and O–H groups in total. The monoisotopic (exact) mass is 295 g/mol. The van der Waals surface area contributed by atoms with Crippen LogP contribution in [0.5, 0.6) is 0 Å². The van der Waals surface area contributed by atoms with Gasteiger partial charge in [0, 0.05) is 32.7 Å². The van der Waals surface area contributed by atoms with Gasteiger partial charge < -0.3 is 14.7 Å². The lowest BCUT2D eigenvalue weighted by atomic mass is 9.95. The minimum atomic E-state index is 0.244. The molecule has 4 heteroatoms. The third kappa shape index (κ3) is 4.60. The highest BCUT2D eigenvalue weighted by Crippen LogP contribution is 2.21. The molecule has 2 heterocycles. The number of rotatable bonds is 3. The fraction of sp³-hybridized carbons (Fsp3) is 0.941. The zero-order valence-corrected chi connectivity index (χ0v) is 14.3. The van der Waals surface area contributed by atoms with Gasteiger partial charge in [-0.25, -0.2) is 4.79 Å². The Labute approximate surface area is 130 Å². The third-order valence-electron chi connectivity index (χ3n) is 5.29. The fourth-order valence-corrected chi connectivity index (χ4v) is 3.56. The quantitative estimate of drug-likeness (QED) is 0.800. The number of nitrogens with zero attached hydrogens (tertiary/aromatic N) is 3. The van der Waals surface area contributed by atoms with E-state index in [0.29, 0.717) is 12.0 Å². The number of hydrogen-bond donors (Lipinski definition) is 0. The number of hydrogen-bond acceptors (Lipinski definition) is 2. The second-order valence-corrected chi connectivity index (χ2v) is 7.41. The Bertz CT molecular complexity index is 329. The molecule has 0 bridgehead atoms. The van der Waals surface area contributed by atoms with Crippen molar-refractivity contribution < 1.29 is 4.79 Å². The van der Waals surface area contributed by atoms with Crippen LogP contribution in [0.2, 0.25) is 0 Å². The predicted molar refractivity (Wildman–Crippen MR) is 87.4 cm³/mol. The number of piperidine rings is 2. The summed E-state index contributed by atoms with van der Waals surface area (Å²) in [6.07, 6.45) is 4.78. The number of amides is 2. The second-order valence-electron chi connectivity index (χ2n) is 7.41. The van der Waals surface area contributed by atoms with E-state index in [4.69, 9.17) is 0 Å². The van der Waals surface area contributed by atoms with Crippen LogP contribution in [-0.2, 0) is 0 Å². The van der Waals surface area contributed by atoms with Gasteiger partial charge >= 0.3 is 6.03 Å². The predicted octanol–water partition coefficient (Wildman–Crippen LogP) is 2.89. The van der Waals surface area contributed by atoms with Gasteiger partial charge in [-0.15, -0.1) is 0 Å². The van der Waals surface area contributed by atoms with Gasteiger partial charge in [0.05, 0.1) is 0 Å². The van der Waals surface area contributed by atoms with E-state index in [9.17, 15) is 4.79 Å². The lowest BCUT2D eigenvalue weighted by molar-refractivity contribution is 0.113. The van der Waals surface area contributed by atoms with Crippen LogP contribution < -0.4 is 0 Å². The summed E-state index contributed by atoms with van der Waals surface area (Å²) in [4.78, 5) is 19.0. The summed E-state index contributed by atoms with van der Waals surface area (Å²) in [7, 11) is 1.98. The van der Waals surface area contributed by atoms with Gasteiger partial charge in [0.25, 0.3) is 0 Å². The van der Waals surface area contributed by atoms with Crippen molar-refractivity contribution in [3.8, 4) is 0 Å². The maximum atomic E-state index is 12.5. The van der Waals surface area contributed by atoms with E-state index in [-0.39, 0.29) is 6.03 Å². The molecule has 0 aromatic carbocycles. The van der Waals surface area contributed by atoms with E-state index in [1.165, 1.54) is 25.9 Å². The van der Waals surface area contributed by atoms with Crippen molar-refractivity contribution in [3.05, 3.63) is 0 Å². The first-order valence-electron chi connectivity index (χ1n) is 8.71. The number of carbonyl (C=O) groups is 1. The van der Waals surface area contributed by atoms with E-state index in [2.05, 4.69) is 25.7 Å². The maximum Gasteiger partial charge on any atom is 0.319 e. The maximum absolute atomic E-state index is 12.5. The highest BCUT2D eigenvalue weighted by molar-refractivity contribution is 5.74. The zero-order valence-electron chi connectivity index (χ0n) is 14.3. The molecule has 21 heavy (non-hydrogen) atoms. The molecule has 0 saturated carbocycles. The summed E-state index contributed by atoms with van der Waals surface area (Å²) in [5, 5.41) is 0. The minimum Gasteiger partial charge on any atom is -0.327 e. The molecule has 2 aliphatic rings. The van der Waals surface area contributed by atoms with Crippen LogP contribution in [0, 0.1) is 11.8 Å². The average Bonchev–Trinajstić information content (AvgIpc) is 2.47. The van der Waals surface area contributed by atoms with Crippen LogP contribution in [0.25, 0.3) is 0 Å². The van der Waals surface area contributed by atoms with Crippen LogP contribution in [0.3, 0.4) is 0 Å². The standard InChI is InChI=1S/C17H33N3O/c1-14(2)19-11-7-16(8-12-19)13-18(4)17(21)20-9-5-15(3)6-10-20/h14-16H,5-13H2,1-4H3. The molecule has 0 radical (unpaired) electrons. The molecular weight excluding hydrogens is 262 g/mol. The molecule has 2 rings (SSSR count). The number of carbonyl (C=O) groups excluding carboxylic acids is 1. The van der Waals surface area contributed by atoms with Crippen LogP contribution in [-0.4, -0.2) is 66.5 Å². The molecule has 4 nitrogen and oxygen atoms in total. The molecule has 0 unspecified atom stereocenters. The Morgan fingerprint density at radius 1 is 1.10 bits per heavy atom. The molecule has 2 aliphatic heterocycles. The Kier molecular flexibility index (Phi) is 5.91. The molecule has 0 aliphatic carbocycles. The summed E-state index contributed by atoms with van der Waals surface area (Å²) in [5.74, 6) is 1.46. The summed E-state index contributed by atoms with van der Waals surface area (Å²) in [6, 6.07) is 0.897. The molecule has 0 atom stereocenters. The van der Waals surface area contributed by atoms with Crippen molar-refractivity contribution in [2.75, 3.05) is 39.8 Å². The van der Waals surface area contributed by atoms with Crippen molar-refractivity contribution in [2.45, 2.75) is 52.5 Å². The van der Waals surface area contributed by atoms with Gasteiger partial charge in [0.2, 0.25) is 0 Å². The van der Waals surface area contributed by atoms with Gasteiger partial charge in [-0.05, 0) is 64.5 Å². The third-order valence-corrected chi connectivity index (χ3v) is 5.29. The average molecular weight is 295 g/mol. The van der Waals surface area contributed by atoms with Gasteiger partial charge in [0.1, 0.15) is 0 Å². The van der Waals surface area contributed by atoms with Crippen molar-refractivity contribution in [1.82, 2.24) is 14.7 Å². The Morgan fingerprint density at radius 3 is 2.19 bits per heavy atom. The van der Waals surface area contributed by atoms with E-state index in [1.807, 2.05) is 16.8 Å². The van der Waals surface area contributed by atoms with Crippen LogP contribution in [0.15, 0.2) is 0 Å². The zero-order chi connectivity index (χ0) is 15.4. The molecule has 0 aromatic rings. The molecule has 2 amide bonds. The topological polar surface area (TPSA) is 26.8 Å². The molecule has 122 valence electrons. The van der Waals surface area contributed by atoms with Crippen LogP contribution >= 0.6 is 0 Å². The first kappa shape index (κ1) is 16.6. The largest absolute Gasteiger partial charge is 0.327 e. The van der Waals surface area contributed by atoms with Crippen LogP contribution in [0.4, 0.5) is 4.79 Å². The first-order chi connectivity index (χ1) is 9.97. The van der Waals surface area contributed by atoms with E-state index in [0.717, 1.165) is 38.4 Å². The fourth-order valence-electron chi connectivity index (χ4n) is 3.56. The second kappa shape index (κ2) is 7.48. The van der Waals surface area contributed by atoms with Gasteiger partial charge in [0.15, 0.2) is 0 Å². The normalized spacial score (nSPS) is 22.8. The molecule has 2 saturated heterocycles. The van der Waals surface area contributed by atoms with E-state index in [1.54, 1.807) is 0 Å². The first-order valence-corrected chi connectivity index (χ1v) is 8.71. The van der Waals surface area contributed by atoms with Gasteiger partial charge in [-0.2, -0.15) is 0 Å². The van der Waals surface area contributed by atoms with Gasteiger partial charge in [-0.3, -0.25) is 0 Å². The number of likely N-dealkylation sites (tertiary alicyclic amines) is 2. The molecular formula is C17H33N3O. The smallest absolute Gasteiger partial charge is 0.319 e. The SMILES string of the molecule is CC1CCN(C(=O)N(C)CC2CCN(C(C)C)CC2)CC1. The Balaban J connectivity index is 1.74. The van der Waals surface area contributed by atoms with Gasteiger partial charge in [-0.1, -0.05) is 6.92 Å². The summed E-state index contributed by atoms with van der Waals surface area (Å²) >= 11 is 0. The Morgan fingerprint density at radius 2 is 1.67 bits per heavy atom. The summed E-state index contributed by atoms with van der Waals surface area (Å²) < 4.78 is 0. The van der Waals surface area contributed by atoms with Crippen molar-refractivity contribution in [1.29, 1.82) is 0 Å². The van der Waals surface area contributed by atoms with E-state index < -0.39 is 0 Å². The lowest BCUT2D eigenvalue weighted by Gasteiger charge is -2.38. The molecule has 0 aromatic heterocycles. The lowest BCUT2D eigenvalue weighted by Crippen LogP contribution is -2.47. The van der Waals surface area contributed by atoms with Crippen molar-refractivity contribution in [3.63, 3.8) is 0 Å². The number of urea groups is 1. The van der Waals surface area contributed by atoms with E-state index >= 15 is 0 Å². The molecule has 0 spiro atoms. The molecule has 2 fully saturated rings. The highest BCUT2D eigenvalue weighted by atomic mass is 16.2. The van der Waals surface area contributed by atoms with Crippen molar-refractivity contribution >= 4 is 6.03 Å². The summed E-state index contributed by atoms with van der Waals surface area (Å²) in [5.41, 5.74) is 0.